The molecule has 156 valence electrons. The van der Waals surface area contributed by atoms with Gasteiger partial charge in [-0.15, -0.1) is 11.3 Å². The molecule has 2 fully saturated rings. The molecule has 2 aliphatic heterocycles. The van der Waals surface area contributed by atoms with E-state index < -0.39 is 0 Å². The summed E-state index contributed by atoms with van der Waals surface area (Å²) in [5.41, 5.74) is 0. The zero-order chi connectivity index (χ0) is 19.8. The number of carbonyl (C=O) groups excluding carboxylic acids is 1. The van der Waals surface area contributed by atoms with Crippen molar-refractivity contribution in [1.29, 1.82) is 0 Å². The summed E-state index contributed by atoms with van der Waals surface area (Å²) in [4.78, 5) is 22.7. The van der Waals surface area contributed by atoms with Crippen molar-refractivity contribution in [2.45, 2.75) is 52.1 Å². The number of aliphatic imine (C=N–C) groups is 1. The van der Waals surface area contributed by atoms with E-state index in [2.05, 4.69) is 40.0 Å². The predicted octanol–water partition coefficient (Wildman–Crippen LogP) is 2.53. The van der Waals surface area contributed by atoms with Crippen molar-refractivity contribution in [3.8, 4) is 0 Å². The van der Waals surface area contributed by atoms with Gasteiger partial charge < -0.3 is 15.5 Å². The van der Waals surface area contributed by atoms with E-state index in [1.807, 2.05) is 23.2 Å². The van der Waals surface area contributed by atoms with Gasteiger partial charge in [-0.05, 0) is 56.6 Å². The zero-order valence-electron chi connectivity index (χ0n) is 17.3. The number of guanidine groups is 1. The van der Waals surface area contributed by atoms with Crippen LogP contribution in [0.5, 0.6) is 0 Å². The lowest BCUT2D eigenvalue weighted by molar-refractivity contribution is -0.129. The second kappa shape index (κ2) is 10.8. The molecule has 2 saturated heterocycles. The van der Waals surface area contributed by atoms with E-state index in [1.54, 1.807) is 0 Å². The molecule has 0 aliphatic carbocycles. The van der Waals surface area contributed by atoms with Crippen LogP contribution in [0.25, 0.3) is 0 Å². The van der Waals surface area contributed by atoms with Crippen LogP contribution in [0.3, 0.4) is 0 Å². The number of rotatable bonds is 7. The quantitative estimate of drug-likeness (QED) is 0.541. The third-order valence-corrected chi connectivity index (χ3v) is 6.56. The maximum absolute atomic E-state index is 11.9. The topological polar surface area (TPSA) is 60.0 Å². The van der Waals surface area contributed by atoms with Crippen molar-refractivity contribution in [3.63, 3.8) is 0 Å². The lowest BCUT2D eigenvalue weighted by Gasteiger charge is -2.31. The van der Waals surface area contributed by atoms with E-state index in [1.165, 1.54) is 30.8 Å². The number of thiophene rings is 1. The van der Waals surface area contributed by atoms with Gasteiger partial charge in [-0.2, -0.15) is 0 Å². The maximum atomic E-state index is 11.9. The van der Waals surface area contributed by atoms with Crippen molar-refractivity contribution in [2.75, 3.05) is 39.3 Å². The first kappa shape index (κ1) is 21.1. The summed E-state index contributed by atoms with van der Waals surface area (Å²) < 4.78 is 0. The highest BCUT2D eigenvalue weighted by Gasteiger charge is 2.26. The van der Waals surface area contributed by atoms with Gasteiger partial charge in [0.1, 0.15) is 0 Å². The van der Waals surface area contributed by atoms with Gasteiger partial charge in [-0.3, -0.25) is 14.7 Å². The molecule has 1 aromatic heterocycles. The van der Waals surface area contributed by atoms with Gasteiger partial charge in [0.25, 0.3) is 0 Å². The number of amides is 1. The van der Waals surface area contributed by atoms with Crippen LogP contribution in [0.15, 0.2) is 22.5 Å². The van der Waals surface area contributed by atoms with Crippen LogP contribution < -0.4 is 10.6 Å². The molecule has 0 radical (unpaired) electrons. The van der Waals surface area contributed by atoms with E-state index in [0.717, 1.165) is 45.1 Å². The fourth-order valence-corrected chi connectivity index (χ4v) is 4.76. The first-order valence-electron chi connectivity index (χ1n) is 10.7. The molecule has 0 spiro atoms. The Balaban J connectivity index is 1.42. The SMILES string of the molecule is CCNC(=NCC1CCN(Cc2cccs2)CC1)NC1CCN(C(=O)CC)C1. The fourth-order valence-electron chi connectivity index (χ4n) is 4.01. The number of piperidine rings is 1. The van der Waals surface area contributed by atoms with E-state index in [4.69, 9.17) is 4.99 Å². The number of nitrogens with zero attached hydrogens (tertiary/aromatic N) is 3. The number of likely N-dealkylation sites (tertiary alicyclic amines) is 2. The van der Waals surface area contributed by atoms with Crippen molar-refractivity contribution >= 4 is 23.2 Å². The van der Waals surface area contributed by atoms with Crippen LogP contribution in [-0.4, -0.2) is 67.0 Å². The van der Waals surface area contributed by atoms with Crippen molar-refractivity contribution in [3.05, 3.63) is 22.4 Å². The second-order valence-electron chi connectivity index (χ2n) is 7.84. The molecule has 1 atom stereocenters. The molecular weight excluding hydrogens is 370 g/mol. The van der Waals surface area contributed by atoms with Crippen molar-refractivity contribution in [2.24, 2.45) is 10.9 Å². The van der Waals surface area contributed by atoms with Gasteiger partial charge in [0.05, 0.1) is 0 Å². The molecule has 1 amide bonds. The predicted molar refractivity (Wildman–Crippen MR) is 117 cm³/mol. The number of nitrogens with one attached hydrogen (secondary N) is 2. The van der Waals surface area contributed by atoms with Crippen LogP contribution >= 0.6 is 11.3 Å². The van der Waals surface area contributed by atoms with Gasteiger partial charge in [0, 0.05) is 50.1 Å². The largest absolute Gasteiger partial charge is 0.357 e. The number of hydrogen-bond donors (Lipinski definition) is 2. The molecule has 0 aromatic carbocycles. The Hall–Kier alpha value is -1.60. The van der Waals surface area contributed by atoms with Crippen LogP contribution in [0.4, 0.5) is 0 Å². The molecule has 6 nitrogen and oxygen atoms in total. The Kier molecular flexibility index (Phi) is 8.15. The smallest absolute Gasteiger partial charge is 0.222 e. The second-order valence-corrected chi connectivity index (χ2v) is 8.87. The monoisotopic (exact) mass is 405 g/mol. The average Bonchev–Trinajstić information content (AvgIpc) is 3.39. The minimum absolute atomic E-state index is 0.251. The molecule has 3 rings (SSSR count). The molecule has 1 unspecified atom stereocenters. The normalized spacial score (nSPS) is 21.9. The van der Waals surface area contributed by atoms with Gasteiger partial charge in [-0.1, -0.05) is 13.0 Å². The lowest BCUT2D eigenvalue weighted by Crippen LogP contribution is -2.45. The molecule has 2 aliphatic rings. The van der Waals surface area contributed by atoms with E-state index >= 15 is 0 Å². The summed E-state index contributed by atoms with van der Waals surface area (Å²) in [5, 5.41) is 9.07. The first-order chi connectivity index (χ1) is 13.7. The summed E-state index contributed by atoms with van der Waals surface area (Å²) >= 11 is 1.85. The molecule has 2 N–H and O–H groups in total. The Morgan fingerprint density at radius 3 is 2.75 bits per heavy atom. The third-order valence-electron chi connectivity index (χ3n) is 5.70. The van der Waals surface area contributed by atoms with Gasteiger partial charge in [0.2, 0.25) is 5.91 Å². The molecule has 0 bridgehead atoms. The van der Waals surface area contributed by atoms with Crippen LogP contribution in [-0.2, 0) is 11.3 Å². The zero-order valence-corrected chi connectivity index (χ0v) is 18.1. The molecule has 3 heterocycles. The van der Waals surface area contributed by atoms with Gasteiger partial charge >= 0.3 is 0 Å². The molecule has 28 heavy (non-hydrogen) atoms. The highest BCUT2D eigenvalue weighted by Crippen LogP contribution is 2.21. The summed E-state index contributed by atoms with van der Waals surface area (Å²) in [7, 11) is 0. The Morgan fingerprint density at radius 1 is 1.25 bits per heavy atom. The molecule has 0 saturated carbocycles. The number of carbonyl (C=O) groups is 1. The van der Waals surface area contributed by atoms with Crippen molar-refractivity contribution in [1.82, 2.24) is 20.4 Å². The third kappa shape index (κ3) is 6.21. The summed E-state index contributed by atoms with van der Waals surface area (Å²) in [6.07, 6.45) is 4.02. The maximum Gasteiger partial charge on any atom is 0.222 e. The van der Waals surface area contributed by atoms with E-state index in [-0.39, 0.29) is 5.91 Å². The van der Waals surface area contributed by atoms with Gasteiger partial charge in [0.15, 0.2) is 5.96 Å². The summed E-state index contributed by atoms with van der Waals surface area (Å²) in [5.74, 6) is 1.82. The lowest BCUT2D eigenvalue weighted by atomic mass is 9.97. The Bertz CT molecular complexity index is 625. The van der Waals surface area contributed by atoms with Crippen LogP contribution in [0, 0.1) is 5.92 Å². The standard InChI is InChI=1S/C21H35N5OS/c1-3-20(27)26-12-9-18(15-26)24-21(22-4-2)23-14-17-7-10-25(11-8-17)16-19-6-5-13-28-19/h5-6,13,17-18H,3-4,7-12,14-16H2,1-2H3,(H2,22,23,24). The van der Waals surface area contributed by atoms with Crippen molar-refractivity contribution < 1.29 is 4.79 Å². The average molecular weight is 406 g/mol. The molecule has 7 heteroatoms. The summed E-state index contributed by atoms with van der Waals surface area (Å²) in [6, 6.07) is 4.67. The van der Waals surface area contributed by atoms with Crippen LogP contribution in [0.2, 0.25) is 0 Å². The highest BCUT2D eigenvalue weighted by atomic mass is 32.1. The molecule has 1 aromatic rings. The molecular formula is C21H35N5OS. The Labute approximate surface area is 173 Å². The summed E-state index contributed by atoms with van der Waals surface area (Å²) in [6.45, 7) is 10.8. The van der Waals surface area contributed by atoms with E-state index in [9.17, 15) is 4.79 Å². The minimum Gasteiger partial charge on any atom is -0.357 e. The Morgan fingerprint density at radius 2 is 2.07 bits per heavy atom. The van der Waals surface area contributed by atoms with Crippen LogP contribution in [0.1, 0.15) is 44.4 Å². The minimum atomic E-state index is 0.251. The fraction of sp³-hybridized carbons (Fsp3) is 0.714. The number of hydrogen-bond acceptors (Lipinski definition) is 4. The first-order valence-corrected chi connectivity index (χ1v) is 11.6. The highest BCUT2D eigenvalue weighted by molar-refractivity contribution is 7.09. The van der Waals surface area contributed by atoms with Gasteiger partial charge in [-0.25, -0.2) is 0 Å². The van der Waals surface area contributed by atoms with E-state index in [0.29, 0.717) is 18.4 Å².